The molecule has 0 atom stereocenters. The van der Waals surface area contributed by atoms with Crippen molar-refractivity contribution in [1.29, 1.82) is 0 Å². The number of alkyl halides is 3. The maximum Gasteiger partial charge on any atom is 0.416 e. The molecule has 3 rings (SSSR count). The van der Waals surface area contributed by atoms with E-state index in [2.05, 4.69) is 15.4 Å². The number of anilines is 2. The Balaban J connectivity index is 1.72. The Labute approximate surface area is 160 Å². The predicted molar refractivity (Wildman–Crippen MR) is 102 cm³/mol. The summed E-state index contributed by atoms with van der Waals surface area (Å²) in [7, 11) is 0. The summed E-state index contributed by atoms with van der Waals surface area (Å²) >= 11 is 5.97. The number of nitrogens with one attached hydrogen (secondary N) is 1. The maximum atomic E-state index is 12.8. The average Bonchev–Trinajstić information content (AvgIpc) is 2.67. The summed E-state index contributed by atoms with van der Waals surface area (Å²) in [6.45, 7) is 4.90. The molecule has 0 saturated carbocycles. The summed E-state index contributed by atoms with van der Waals surface area (Å²) in [5, 5.41) is 4.34. The lowest BCUT2D eigenvalue weighted by atomic mass is 10.1. The normalized spacial score (nSPS) is 15.7. The van der Waals surface area contributed by atoms with Crippen LogP contribution in [-0.4, -0.2) is 32.0 Å². The molecule has 27 heavy (non-hydrogen) atoms. The molecule has 144 valence electrons. The molecule has 0 bridgehead atoms. The van der Waals surface area contributed by atoms with Gasteiger partial charge in [0.05, 0.1) is 35.2 Å². The summed E-state index contributed by atoms with van der Waals surface area (Å²) < 4.78 is 43.9. The first-order chi connectivity index (χ1) is 12.8. The molecule has 1 heterocycles. The van der Waals surface area contributed by atoms with Crippen molar-refractivity contribution < 1.29 is 17.9 Å². The lowest BCUT2D eigenvalue weighted by Gasteiger charge is -2.28. The molecule has 2 aromatic carbocycles. The second-order valence-electron chi connectivity index (χ2n) is 6.15. The van der Waals surface area contributed by atoms with E-state index in [1.165, 1.54) is 6.07 Å². The van der Waals surface area contributed by atoms with Crippen LogP contribution >= 0.6 is 11.6 Å². The van der Waals surface area contributed by atoms with Crippen molar-refractivity contribution in [2.45, 2.75) is 13.1 Å². The van der Waals surface area contributed by atoms with Crippen molar-refractivity contribution in [3.63, 3.8) is 0 Å². The molecule has 0 aliphatic carbocycles. The SMILES string of the molecule is CC(=NNc1cc(C(F)(F)F)ccc1Cl)c1ccc(N2CCOCC2)cc1. The van der Waals surface area contributed by atoms with Crippen LogP contribution in [0.1, 0.15) is 18.1 Å². The van der Waals surface area contributed by atoms with E-state index < -0.39 is 11.7 Å². The van der Waals surface area contributed by atoms with Crippen LogP contribution in [0.15, 0.2) is 47.6 Å². The zero-order valence-corrected chi connectivity index (χ0v) is 15.4. The van der Waals surface area contributed by atoms with Crippen LogP contribution in [0.3, 0.4) is 0 Å². The summed E-state index contributed by atoms with van der Waals surface area (Å²) in [4.78, 5) is 2.24. The zero-order valence-electron chi connectivity index (χ0n) is 14.7. The van der Waals surface area contributed by atoms with Crippen molar-refractivity contribution in [2.75, 3.05) is 36.6 Å². The number of benzene rings is 2. The van der Waals surface area contributed by atoms with E-state index in [1.54, 1.807) is 6.92 Å². The first-order valence-electron chi connectivity index (χ1n) is 8.45. The predicted octanol–water partition coefficient (Wildman–Crippen LogP) is 5.03. The number of ether oxygens (including phenoxy) is 1. The van der Waals surface area contributed by atoms with E-state index in [9.17, 15) is 13.2 Å². The van der Waals surface area contributed by atoms with Crippen molar-refractivity contribution in [3.8, 4) is 0 Å². The van der Waals surface area contributed by atoms with Crippen LogP contribution in [0, 0.1) is 0 Å². The number of hydrazone groups is 1. The molecule has 0 amide bonds. The summed E-state index contributed by atoms with van der Waals surface area (Å²) in [5.41, 5.74) is 4.56. The molecule has 1 aliphatic heterocycles. The van der Waals surface area contributed by atoms with Crippen LogP contribution in [0.4, 0.5) is 24.5 Å². The van der Waals surface area contributed by atoms with Crippen LogP contribution in [0.5, 0.6) is 0 Å². The molecule has 0 unspecified atom stereocenters. The number of rotatable bonds is 4. The summed E-state index contributed by atoms with van der Waals surface area (Å²) in [6, 6.07) is 10.9. The van der Waals surface area contributed by atoms with Gasteiger partial charge in [-0.25, -0.2) is 0 Å². The van der Waals surface area contributed by atoms with Crippen LogP contribution in [-0.2, 0) is 10.9 Å². The molecule has 8 heteroatoms. The van der Waals surface area contributed by atoms with Crippen LogP contribution in [0.2, 0.25) is 5.02 Å². The number of hydrogen-bond donors (Lipinski definition) is 1. The second-order valence-corrected chi connectivity index (χ2v) is 6.55. The minimum Gasteiger partial charge on any atom is -0.378 e. The van der Waals surface area contributed by atoms with Crippen LogP contribution in [0.25, 0.3) is 0 Å². The molecule has 1 N–H and O–H groups in total. The monoisotopic (exact) mass is 397 g/mol. The van der Waals surface area contributed by atoms with Gasteiger partial charge in [0.15, 0.2) is 0 Å². The Morgan fingerprint density at radius 1 is 1.11 bits per heavy atom. The lowest BCUT2D eigenvalue weighted by Crippen LogP contribution is -2.36. The van der Waals surface area contributed by atoms with Gasteiger partial charge >= 0.3 is 6.18 Å². The summed E-state index contributed by atoms with van der Waals surface area (Å²) in [6.07, 6.45) is -4.44. The Morgan fingerprint density at radius 3 is 2.41 bits per heavy atom. The third-order valence-electron chi connectivity index (χ3n) is 4.30. The average molecular weight is 398 g/mol. The highest BCUT2D eigenvalue weighted by atomic mass is 35.5. The van der Waals surface area contributed by atoms with Gasteiger partial charge in [0, 0.05) is 18.8 Å². The fourth-order valence-corrected chi connectivity index (χ4v) is 2.89. The second kappa shape index (κ2) is 8.19. The highest BCUT2D eigenvalue weighted by molar-refractivity contribution is 6.33. The van der Waals surface area contributed by atoms with Crippen LogP contribution < -0.4 is 10.3 Å². The number of halogens is 4. The molecule has 4 nitrogen and oxygen atoms in total. The minimum atomic E-state index is -4.44. The van der Waals surface area contributed by atoms with Gasteiger partial charge in [-0.05, 0) is 42.8 Å². The topological polar surface area (TPSA) is 36.9 Å². The van der Waals surface area contributed by atoms with Gasteiger partial charge in [-0.1, -0.05) is 23.7 Å². The highest BCUT2D eigenvalue weighted by Crippen LogP contribution is 2.33. The molecular weight excluding hydrogens is 379 g/mol. The molecule has 0 radical (unpaired) electrons. The van der Waals surface area contributed by atoms with Gasteiger partial charge < -0.3 is 9.64 Å². The Bertz CT molecular complexity index is 816. The molecule has 1 saturated heterocycles. The van der Waals surface area contributed by atoms with Crippen molar-refractivity contribution in [1.82, 2.24) is 0 Å². The Kier molecular flexibility index (Phi) is 5.92. The molecule has 1 fully saturated rings. The fraction of sp³-hybridized carbons (Fsp3) is 0.316. The third kappa shape index (κ3) is 4.93. The molecule has 1 aliphatic rings. The van der Waals surface area contributed by atoms with Gasteiger partial charge in [0.25, 0.3) is 0 Å². The van der Waals surface area contributed by atoms with E-state index >= 15 is 0 Å². The van der Waals surface area contributed by atoms with E-state index in [4.69, 9.17) is 16.3 Å². The van der Waals surface area contributed by atoms with Gasteiger partial charge in [-0.2, -0.15) is 18.3 Å². The summed E-state index contributed by atoms with van der Waals surface area (Å²) in [5.74, 6) is 0. The zero-order chi connectivity index (χ0) is 19.4. The van der Waals surface area contributed by atoms with Crippen molar-refractivity contribution in [2.24, 2.45) is 5.10 Å². The van der Waals surface area contributed by atoms with E-state index in [0.717, 1.165) is 36.5 Å². The van der Waals surface area contributed by atoms with Gasteiger partial charge in [0.2, 0.25) is 0 Å². The lowest BCUT2D eigenvalue weighted by molar-refractivity contribution is -0.137. The Morgan fingerprint density at radius 2 is 1.78 bits per heavy atom. The number of hydrogen-bond acceptors (Lipinski definition) is 4. The van der Waals surface area contributed by atoms with E-state index in [1.807, 2.05) is 24.3 Å². The first-order valence-corrected chi connectivity index (χ1v) is 8.82. The van der Waals surface area contributed by atoms with Gasteiger partial charge in [0.1, 0.15) is 0 Å². The smallest absolute Gasteiger partial charge is 0.378 e. The van der Waals surface area contributed by atoms with E-state index in [-0.39, 0.29) is 10.7 Å². The van der Waals surface area contributed by atoms with Gasteiger partial charge in [-0.3, -0.25) is 5.43 Å². The quantitative estimate of drug-likeness (QED) is 0.580. The standard InChI is InChI=1S/C19H19ClF3N3O/c1-13(14-2-5-16(6-3-14)26-8-10-27-11-9-26)24-25-18-12-15(19(21,22)23)4-7-17(18)20/h2-7,12,25H,8-11H2,1H3. The van der Waals surface area contributed by atoms with Crippen molar-refractivity contribution in [3.05, 3.63) is 58.6 Å². The third-order valence-corrected chi connectivity index (χ3v) is 4.63. The number of morpholine rings is 1. The molecule has 0 spiro atoms. The molecule has 0 aromatic heterocycles. The van der Waals surface area contributed by atoms with Crippen molar-refractivity contribution >= 4 is 28.7 Å². The fourth-order valence-electron chi connectivity index (χ4n) is 2.73. The van der Waals surface area contributed by atoms with Gasteiger partial charge in [-0.15, -0.1) is 0 Å². The molecule has 2 aromatic rings. The van der Waals surface area contributed by atoms with E-state index in [0.29, 0.717) is 18.9 Å². The first kappa shape index (κ1) is 19.5. The number of nitrogens with zero attached hydrogens (tertiary/aromatic N) is 2. The maximum absolute atomic E-state index is 12.8. The largest absolute Gasteiger partial charge is 0.416 e. The molecular formula is C19H19ClF3N3O. The Hall–Kier alpha value is -2.25. The highest BCUT2D eigenvalue weighted by Gasteiger charge is 2.30. The minimum absolute atomic E-state index is 0.107.